The van der Waals surface area contributed by atoms with Crippen LogP contribution in [-0.2, 0) is 16.6 Å². The van der Waals surface area contributed by atoms with E-state index in [1.807, 2.05) is 66.7 Å². The van der Waals surface area contributed by atoms with Crippen molar-refractivity contribution in [2.75, 3.05) is 5.32 Å². The minimum absolute atomic E-state index is 0.0312. The summed E-state index contributed by atoms with van der Waals surface area (Å²) in [5.41, 5.74) is 5.45. The molecule has 0 spiro atoms. The SMILES string of the molecule is CC(C)(C)c1ccc(C(Cc2ccc(C(=O)On3c(O)ccc3O)cc2)C(=O)Nc2ccc(-c3cc4ccccc4o3)cc2)cc1. The molecule has 0 radical (unpaired) electrons. The van der Waals surface area contributed by atoms with Gasteiger partial charge in [-0.1, -0.05) is 75.4 Å². The topological polar surface area (TPSA) is 114 Å². The second-order valence-corrected chi connectivity index (χ2v) is 12.3. The van der Waals surface area contributed by atoms with Crippen LogP contribution >= 0.6 is 0 Å². The molecule has 1 unspecified atom stereocenters. The summed E-state index contributed by atoms with van der Waals surface area (Å²) in [6, 6.07) is 34.6. The molecule has 46 heavy (non-hydrogen) atoms. The predicted octanol–water partition coefficient (Wildman–Crippen LogP) is 7.84. The Kier molecular flexibility index (Phi) is 8.11. The Balaban J connectivity index is 1.21. The van der Waals surface area contributed by atoms with Crippen molar-refractivity contribution in [2.24, 2.45) is 0 Å². The van der Waals surface area contributed by atoms with E-state index in [-0.39, 0.29) is 16.9 Å². The third-order valence-electron chi connectivity index (χ3n) is 7.96. The maximum atomic E-state index is 13.8. The average Bonchev–Trinajstić information content (AvgIpc) is 3.62. The van der Waals surface area contributed by atoms with E-state index in [0.717, 1.165) is 33.4 Å². The van der Waals surface area contributed by atoms with Crippen molar-refractivity contribution < 1.29 is 29.1 Å². The molecule has 232 valence electrons. The lowest BCUT2D eigenvalue weighted by Crippen LogP contribution is -2.23. The van der Waals surface area contributed by atoms with Gasteiger partial charge in [-0.2, -0.15) is 0 Å². The molecule has 0 saturated heterocycles. The van der Waals surface area contributed by atoms with Crippen LogP contribution in [0.15, 0.2) is 120 Å². The molecule has 0 fully saturated rings. The minimum Gasteiger partial charge on any atom is -0.492 e. The molecule has 0 aliphatic carbocycles. The number of hydrogen-bond acceptors (Lipinski definition) is 6. The number of fused-ring (bicyclic) bond motifs is 1. The summed E-state index contributed by atoms with van der Waals surface area (Å²) in [5.74, 6) is -1.50. The van der Waals surface area contributed by atoms with Gasteiger partial charge in [0.05, 0.1) is 11.5 Å². The van der Waals surface area contributed by atoms with Crippen molar-refractivity contribution >= 4 is 28.5 Å². The number of nitrogens with zero attached hydrogens (tertiary/aromatic N) is 1. The monoisotopic (exact) mass is 614 g/mol. The van der Waals surface area contributed by atoms with E-state index in [2.05, 4.69) is 38.2 Å². The molecular formula is C38H34N2O6. The molecule has 1 atom stereocenters. The first-order valence-electron chi connectivity index (χ1n) is 15.0. The van der Waals surface area contributed by atoms with Gasteiger partial charge in [0.25, 0.3) is 0 Å². The summed E-state index contributed by atoms with van der Waals surface area (Å²) in [5, 5.41) is 23.7. The number of aromatic hydroxyl groups is 2. The van der Waals surface area contributed by atoms with Gasteiger partial charge in [0.1, 0.15) is 11.3 Å². The number of rotatable bonds is 8. The lowest BCUT2D eigenvalue weighted by Gasteiger charge is -2.22. The van der Waals surface area contributed by atoms with Crippen LogP contribution in [-0.4, -0.2) is 26.8 Å². The zero-order chi connectivity index (χ0) is 32.4. The van der Waals surface area contributed by atoms with Crippen molar-refractivity contribution in [2.45, 2.75) is 38.5 Å². The van der Waals surface area contributed by atoms with E-state index >= 15 is 0 Å². The number of anilines is 1. The van der Waals surface area contributed by atoms with Gasteiger partial charge in [-0.05, 0) is 77.1 Å². The maximum absolute atomic E-state index is 13.8. The van der Waals surface area contributed by atoms with E-state index in [0.29, 0.717) is 16.8 Å². The van der Waals surface area contributed by atoms with E-state index < -0.39 is 23.6 Å². The van der Waals surface area contributed by atoms with Crippen LogP contribution in [0.1, 0.15) is 53.7 Å². The first-order chi connectivity index (χ1) is 22.0. The standard InChI is InChI=1S/C38H34N2O6/c1-38(2,3)29-16-12-25(13-17-29)31(22-24-8-10-27(11-9-24)37(44)46-40-34(41)20-21-35(40)42)36(43)39-30-18-14-26(15-19-30)33-23-28-6-4-5-7-32(28)45-33/h4-21,23,31,41-42H,22H2,1-3H3,(H,39,43). The first kappa shape index (κ1) is 30.3. The Morgan fingerprint density at radius 3 is 2.11 bits per heavy atom. The van der Waals surface area contributed by atoms with Gasteiger partial charge in [-0.15, -0.1) is 4.73 Å². The fourth-order valence-electron chi connectivity index (χ4n) is 5.29. The number of carbonyl (C=O) groups is 2. The molecule has 2 heterocycles. The van der Waals surface area contributed by atoms with Crippen LogP contribution in [0.5, 0.6) is 11.8 Å². The highest BCUT2D eigenvalue weighted by Crippen LogP contribution is 2.31. The van der Waals surface area contributed by atoms with Crippen molar-refractivity contribution in [3.63, 3.8) is 0 Å². The second-order valence-electron chi connectivity index (χ2n) is 12.3. The highest BCUT2D eigenvalue weighted by Gasteiger charge is 2.23. The van der Waals surface area contributed by atoms with Gasteiger partial charge in [0.15, 0.2) is 0 Å². The Labute approximate surface area is 266 Å². The number of para-hydroxylation sites is 1. The summed E-state index contributed by atoms with van der Waals surface area (Å²) < 4.78 is 6.63. The Morgan fingerprint density at radius 2 is 1.48 bits per heavy atom. The molecule has 0 bridgehead atoms. The van der Waals surface area contributed by atoms with Gasteiger partial charge < -0.3 is 24.8 Å². The number of benzene rings is 4. The number of carbonyl (C=O) groups excluding carboxylic acids is 2. The molecule has 4 aromatic carbocycles. The summed E-state index contributed by atoms with van der Waals surface area (Å²) in [6.45, 7) is 6.44. The molecule has 8 nitrogen and oxygen atoms in total. The van der Waals surface area contributed by atoms with E-state index in [4.69, 9.17) is 9.25 Å². The lowest BCUT2D eigenvalue weighted by molar-refractivity contribution is -0.117. The fraction of sp³-hybridized carbons (Fsp3) is 0.158. The van der Waals surface area contributed by atoms with Gasteiger partial charge >= 0.3 is 5.97 Å². The van der Waals surface area contributed by atoms with Crippen molar-refractivity contribution in [3.05, 3.63) is 138 Å². The molecule has 8 heteroatoms. The smallest absolute Gasteiger partial charge is 0.363 e. The summed E-state index contributed by atoms with van der Waals surface area (Å²) in [4.78, 5) is 31.5. The summed E-state index contributed by atoms with van der Waals surface area (Å²) in [6.07, 6.45) is 0.381. The first-order valence-corrected chi connectivity index (χ1v) is 15.0. The van der Waals surface area contributed by atoms with Crippen LogP contribution in [0.25, 0.3) is 22.3 Å². The van der Waals surface area contributed by atoms with Crippen molar-refractivity contribution in [1.82, 2.24) is 4.73 Å². The third-order valence-corrected chi connectivity index (χ3v) is 7.96. The van der Waals surface area contributed by atoms with Crippen molar-refractivity contribution in [3.8, 4) is 23.1 Å². The summed E-state index contributed by atoms with van der Waals surface area (Å²) >= 11 is 0. The Bertz CT molecular complexity index is 1940. The normalized spacial score (nSPS) is 12.2. The third kappa shape index (κ3) is 6.51. The number of amides is 1. The number of nitrogens with one attached hydrogen (secondary N) is 1. The average molecular weight is 615 g/mol. The molecule has 2 aromatic heterocycles. The van der Waals surface area contributed by atoms with Crippen LogP contribution in [0.2, 0.25) is 0 Å². The van der Waals surface area contributed by atoms with Gasteiger partial charge in [0.2, 0.25) is 17.7 Å². The molecule has 3 N–H and O–H groups in total. The van der Waals surface area contributed by atoms with Crippen LogP contribution in [0.3, 0.4) is 0 Å². The molecule has 1 amide bonds. The highest BCUT2D eigenvalue weighted by atomic mass is 16.7. The quantitative estimate of drug-likeness (QED) is 0.161. The Morgan fingerprint density at radius 1 is 0.826 bits per heavy atom. The van der Waals surface area contributed by atoms with Gasteiger partial charge in [-0.25, -0.2) is 4.79 Å². The van der Waals surface area contributed by atoms with E-state index in [1.165, 1.54) is 17.7 Å². The van der Waals surface area contributed by atoms with Gasteiger partial charge in [-0.3, -0.25) is 4.79 Å². The summed E-state index contributed by atoms with van der Waals surface area (Å²) in [7, 11) is 0. The number of furan rings is 1. The zero-order valence-corrected chi connectivity index (χ0v) is 25.7. The number of hydrogen-bond donors (Lipinski definition) is 3. The van der Waals surface area contributed by atoms with Gasteiger partial charge in [0, 0.05) is 28.8 Å². The zero-order valence-electron chi connectivity index (χ0n) is 25.7. The maximum Gasteiger partial charge on any atom is 0.363 e. The molecule has 0 aliphatic heterocycles. The largest absolute Gasteiger partial charge is 0.492 e. The second kappa shape index (κ2) is 12.3. The van der Waals surface area contributed by atoms with Crippen LogP contribution in [0, 0.1) is 0 Å². The molecule has 0 aliphatic rings. The van der Waals surface area contributed by atoms with E-state index in [9.17, 15) is 19.8 Å². The van der Waals surface area contributed by atoms with E-state index in [1.54, 1.807) is 24.3 Å². The Hall–Kier alpha value is -5.76. The van der Waals surface area contributed by atoms with Crippen molar-refractivity contribution in [1.29, 1.82) is 0 Å². The minimum atomic E-state index is -0.758. The fourth-order valence-corrected chi connectivity index (χ4v) is 5.29. The number of aromatic nitrogens is 1. The highest BCUT2D eigenvalue weighted by molar-refractivity contribution is 5.96. The van der Waals surface area contributed by atoms with Crippen LogP contribution < -0.4 is 10.2 Å². The van der Waals surface area contributed by atoms with Crippen LogP contribution in [0.4, 0.5) is 5.69 Å². The molecular weight excluding hydrogens is 580 g/mol. The molecule has 6 aromatic rings. The molecule has 0 saturated carbocycles. The predicted molar refractivity (Wildman–Crippen MR) is 177 cm³/mol. The molecule has 6 rings (SSSR count). The lowest BCUT2D eigenvalue weighted by atomic mass is 9.84.